The predicted octanol–water partition coefficient (Wildman–Crippen LogP) is -1.06. The first-order chi connectivity index (χ1) is 9.97. The van der Waals surface area contributed by atoms with Gasteiger partial charge in [-0.1, -0.05) is 0 Å². The highest BCUT2D eigenvalue weighted by atomic mass is 16.5. The van der Waals surface area contributed by atoms with E-state index in [1.54, 1.807) is 0 Å². The molecule has 3 N–H and O–H groups in total. The summed E-state index contributed by atoms with van der Waals surface area (Å²) in [6, 6.07) is -1.47. The molecule has 2 heterocycles. The molecule has 2 rings (SSSR count). The largest absolute Gasteiger partial charge is 0.480 e. The maximum absolute atomic E-state index is 12.2. The van der Waals surface area contributed by atoms with Crippen molar-refractivity contribution in [3.8, 4) is 0 Å². The van der Waals surface area contributed by atoms with Gasteiger partial charge in [-0.3, -0.25) is 4.90 Å². The standard InChI is InChI=1S/C13H23N3O5/c1-9(7-15-2-4-21-5-3-15)14-13(20)16-8-10(17)6-11(16)12(18)19/h9-11,17H,2-8H2,1H3,(H,14,20)(H,18,19)/t9?,10-,11-/m0/s1. The number of carboxylic acids is 1. The van der Waals surface area contributed by atoms with Gasteiger partial charge in [-0.25, -0.2) is 9.59 Å². The minimum Gasteiger partial charge on any atom is -0.480 e. The van der Waals surface area contributed by atoms with Crippen LogP contribution in [0.3, 0.4) is 0 Å². The van der Waals surface area contributed by atoms with E-state index in [4.69, 9.17) is 9.84 Å². The van der Waals surface area contributed by atoms with Gasteiger partial charge in [0.2, 0.25) is 0 Å². The van der Waals surface area contributed by atoms with Crippen molar-refractivity contribution in [2.45, 2.75) is 31.5 Å². The Kier molecular flexibility index (Phi) is 5.38. The van der Waals surface area contributed by atoms with Gasteiger partial charge < -0.3 is 25.2 Å². The molecule has 120 valence electrons. The van der Waals surface area contributed by atoms with E-state index >= 15 is 0 Å². The highest BCUT2D eigenvalue weighted by Gasteiger charge is 2.39. The minimum absolute atomic E-state index is 0.0626. The third kappa shape index (κ3) is 4.29. The molecule has 0 radical (unpaired) electrons. The summed E-state index contributed by atoms with van der Waals surface area (Å²) in [5.41, 5.74) is 0. The van der Waals surface area contributed by atoms with Crippen LogP contribution >= 0.6 is 0 Å². The zero-order valence-electron chi connectivity index (χ0n) is 12.2. The Labute approximate surface area is 123 Å². The van der Waals surface area contributed by atoms with Gasteiger partial charge in [-0.2, -0.15) is 0 Å². The van der Waals surface area contributed by atoms with Crippen molar-refractivity contribution in [3.63, 3.8) is 0 Å². The fourth-order valence-corrected chi connectivity index (χ4v) is 2.78. The summed E-state index contributed by atoms with van der Waals surface area (Å²) in [4.78, 5) is 26.7. The molecule has 0 saturated carbocycles. The molecule has 0 aliphatic carbocycles. The molecule has 2 amide bonds. The third-order valence-electron chi connectivity index (χ3n) is 3.83. The number of carboxylic acid groups (broad SMARTS) is 1. The Bertz CT molecular complexity index is 386. The first kappa shape index (κ1) is 16.0. The molecule has 8 heteroatoms. The number of amides is 2. The van der Waals surface area contributed by atoms with Crippen molar-refractivity contribution in [2.24, 2.45) is 0 Å². The molecule has 0 aromatic heterocycles. The van der Waals surface area contributed by atoms with Crippen LogP contribution in [-0.4, -0.2) is 89.6 Å². The number of urea groups is 1. The highest BCUT2D eigenvalue weighted by Crippen LogP contribution is 2.18. The zero-order valence-corrected chi connectivity index (χ0v) is 12.2. The van der Waals surface area contributed by atoms with Gasteiger partial charge in [-0.15, -0.1) is 0 Å². The maximum atomic E-state index is 12.2. The van der Waals surface area contributed by atoms with Crippen LogP contribution in [0.15, 0.2) is 0 Å². The summed E-state index contributed by atoms with van der Waals surface area (Å²) in [7, 11) is 0. The van der Waals surface area contributed by atoms with Crippen molar-refractivity contribution < 1.29 is 24.5 Å². The molecular weight excluding hydrogens is 278 g/mol. The van der Waals surface area contributed by atoms with E-state index in [2.05, 4.69) is 10.2 Å². The summed E-state index contributed by atoms with van der Waals surface area (Å²) in [6.45, 7) is 5.70. The van der Waals surface area contributed by atoms with E-state index in [1.807, 2.05) is 6.92 Å². The first-order valence-electron chi connectivity index (χ1n) is 7.25. The van der Waals surface area contributed by atoms with Crippen LogP contribution in [0.4, 0.5) is 4.79 Å². The topological polar surface area (TPSA) is 102 Å². The smallest absolute Gasteiger partial charge is 0.326 e. The summed E-state index contributed by atoms with van der Waals surface area (Å²) >= 11 is 0. The number of nitrogens with zero attached hydrogens (tertiary/aromatic N) is 2. The average molecular weight is 301 g/mol. The van der Waals surface area contributed by atoms with Crippen LogP contribution in [0.5, 0.6) is 0 Å². The number of hydrogen-bond acceptors (Lipinski definition) is 5. The van der Waals surface area contributed by atoms with Crippen molar-refractivity contribution in [1.29, 1.82) is 0 Å². The fraction of sp³-hybridized carbons (Fsp3) is 0.846. The Morgan fingerprint density at radius 2 is 2.05 bits per heavy atom. The summed E-state index contributed by atoms with van der Waals surface area (Å²) in [5.74, 6) is -1.08. The van der Waals surface area contributed by atoms with Gasteiger partial charge in [0.15, 0.2) is 0 Å². The van der Waals surface area contributed by atoms with Gasteiger partial charge in [0.05, 0.1) is 19.3 Å². The molecule has 2 saturated heterocycles. The molecule has 0 bridgehead atoms. The summed E-state index contributed by atoms with van der Waals surface area (Å²) < 4.78 is 5.27. The second kappa shape index (κ2) is 7.06. The highest BCUT2D eigenvalue weighted by molar-refractivity contribution is 5.83. The molecular formula is C13H23N3O5. The van der Waals surface area contributed by atoms with Crippen molar-refractivity contribution in [3.05, 3.63) is 0 Å². The average Bonchev–Trinajstić information content (AvgIpc) is 2.82. The molecule has 21 heavy (non-hydrogen) atoms. The van der Waals surface area contributed by atoms with Crippen LogP contribution < -0.4 is 5.32 Å². The number of likely N-dealkylation sites (tertiary alicyclic amines) is 1. The molecule has 2 aliphatic heterocycles. The van der Waals surface area contributed by atoms with Crippen LogP contribution in [0.1, 0.15) is 13.3 Å². The minimum atomic E-state index is -1.08. The third-order valence-corrected chi connectivity index (χ3v) is 3.83. The fourth-order valence-electron chi connectivity index (χ4n) is 2.78. The zero-order chi connectivity index (χ0) is 15.4. The van der Waals surface area contributed by atoms with Crippen LogP contribution in [-0.2, 0) is 9.53 Å². The van der Waals surface area contributed by atoms with Crippen molar-refractivity contribution in [2.75, 3.05) is 39.4 Å². The van der Waals surface area contributed by atoms with E-state index in [0.29, 0.717) is 19.8 Å². The lowest BCUT2D eigenvalue weighted by Gasteiger charge is -2.30. The number of carbonyl (C=O) groups excluding carboxylic acids is 1. The lowest BCUT2D eigenvalue weighted by molar-refractivity contribution is -0.141. The second-order valence-electron chi connectivity index (χ2n) is 5.66. The molecule has 8 nitrogen and oxygen atoms in total. The van der Waals surface area contributed by atoms with Crippen molar-refractivity contribution in [1.82, 2.24) is 15.1 Å². The second-order valence-corrected chi connectivity index (χ2v) is 5.66. The lowest BCUT2D eigenvalue weighted by atomic mass is 10.2. The molecule has 0 aromatic carbocycles. The van der Waals surface area contributed by atoms with Gasteiger partial charge >= 0.3 is 12.0 Å². The number of nitrogens with one attached hydrogen (secondary N) is 1. The van der Waals surface area contributed by atoms with Gasteiger partial charge in [0.1, 0.15) is 6.04 Å². The first-order valence-corrected chi connectivity index (χ1v) is 7.25. The Morgan fingerprint density at radius 1 is 1.38 bits per heavy atom. The normalized spacial score (nSPS) is 28.4. The number of aliphatic hydroxyl groups is 1. The number of β-amino-alcohol motifs (C(OH)–C–C–N with tert-alkyl or cyclic N) is 1. The van der Waals surface area contributed by atoms with Crippen LogP contribution in [0, 0.1) is 0 Å². The van der Waals surface area contributed by atoms with E-state index in [9.17, 15) is 14.7 Å². The Morgan fingerprint density at radius 3 is 2.67 bits per heavy atom. The maximum Gasteiger partial charge on any atom is 0.326 e. The van der Waals surface area contributed by atoms with Crippen LogP contribution in [0.25, 0.3) is 0 Å². The SMILES string of the molecule is CC(CN1CCOCC1)NC(=O)N1C[C@@H](O)C[C@H]1C(=O)O. The summed E-state index contributed by atoms with van der Waals surface area (Å²) in [6.07, 6.45) is -0.688. The van der Waals surface area contributed by atoms with Gasteiger partial charge in [0.25, 0.3) is 0 Å². The number of morpholine rings is 1. The molecule has 1 unspecified atom stereocenters. The molecule has 0 aromatic rings. The Hall–Kier alpha value is -1.38. The van der Waals surface area contributed by atoms with E-state index in [-0.39, 0.29) is 19.0 Å². The predicted molar refractivity (Wildman–Crippen MR) is 74.0 cm³/mol. The quantitative estimate of drug-likeness (QED) is 0.611. The molecule has 2 fully saturated rings. The summed E-state index contributed by atoms with van der Waals surface area (Å²) in [5, 5.41) is 21.5. The number of aliphatic carboxylic acids is 1. The van der Waals surface area contributed by atoms with Crippen molar-refractivity contribution >= 4 is 12.0 Å². The van der Waals surface area contributed by atoms with Gasteiger partial charge in [-0.05, 0) is 6.92 Å². The monoisotopic (exact) mass is 301 g/mol. The lowest BCUT2D eigenvalue weighted by Crippen LogP contribution is -2.52. The van der Waals surface area contributed by atoms with E-state index in [0.717, 1.165) is 13.1 Å². The van der Waals surface area contributed by atoms with Crippen LogP contribution in [0.2, 0.25) is 0 Å². The number of rotatable bonds is 4. The van der Waals surface area contributed by atoms with E-state index < -0.39 is 24.1 Å². The Balaban J connectivity index is 1.83. The van der Waals surface area contributed by atoms with Gasteiger partial charge in [0, 0.05) is 38.6 Å². The number of ether oxygens (including phenoxy) is 1. The molecule has 2 aliphatic rings. The molecule has 0 spiro atoms. The van der Waals surface area contributed by atoms with E-state index in [1.165, 1.54) is 4.90 Å². The number of aliphatic hydroxyl groups excluding tert-OH is 1. The molecule has 3 atom stereocenters. The number of carbonyl (C=O) groups is 2. The number of hydrogen-bond donors (Lipinski definition) is 3.